The maximum Gasteiger partial charge on any atom is 0.417 e. The van der Waals surface area contributed by atoms with E-state index in [0.717, 1.165) is 23.5 Å². The molecule has 1 aromatic heterocycles. The van der Waals surface area contributed by atoms with E-state index >= 15 is 0 Å². The summed E-state index contributed by atoms with van der Waals surface area (Å²) in [5, 5.41) is 6.25. The van der Waals surface area contributed by atoms with Gasteiger partial charge in [-0.25, -0.2) is 5.43 Å². The molecule has 0 unspecified atom stereocenters. The van der Waals surface area contributed by atoms with Gasteiger partial charge in [-0.15, -0.1) is 0 Å². The molecule has 0 radical (unpaired) electrons. The number of anilines is 1. The van der Waals surface area contributed by atoms with Gasteiger partial charge in [0.2, 0.25) is 0 Å². The van der Waals surface area contributed by atoms with Gasteiger partial charge in [-0.1, -0.05) is 34.8 Å². The first-order valence-electron chi connectivity index (χ1n) is 9.54. The van der Waals surface area contributed by atoms with Crippen LogP contribution in [0.25, 0.3) is 5.69 Å². The fourth-order valence-corrected chi connectivity index (χ4v) is 3.89. The molecule has 0 spiro atoms. The minimum atomic E-state index is -4.72. The molecule has 1 heterocycles. The molecule has 0 saturated heterocycles. The van der Waals surface area contributed by atoms with E-state index in [-0.39, 0.29) is 5.69 Å². The number of amides is 2. The monoisotopic (exact) mass is 530 g/mol. The number of hydrazone groups is 1. The highest BCUT2D eigenvalue weighted by molar-refractivity contribution is 6.39. The van der Waals surface area contributed by atoms with E-state index in [1.165, 1.54) is 6.21 Å². The van der Waals surface area contributed by atoms with Crippen molar-refractivity contribution in [1.29, 1.82) is 0 Å². The number of alkyl halides is 3. The number of carbonyl (C=O) groups excluding carboxylic acids is 2. The number of rotatable bonds is 4. The number of carbonyl (C=O) groups is 2. The number of halogens is 6. The van der Waals surface area contributed by atoms with Crippen LogP contribution in [-0.2, 0) is 15.8 Å². The topological polar surface area (TPSA) is 75.5 Å². The average Bonchev–Trinajstić information content (AvgIpc) is 3.02. The van der Waals surface area contributed by atoms with Crippen LogP contribution < -0.4 is 10.7 Å². The minimum absolute atomic E-state index is 0.246. The van der Waals surface area contributed by atoms with Crippen LogP contribution in [0.4, 0.5) is 18.9 Å². The molecule has 0 saturated carbocycles. The zero-order valence-electron chi connectivity index (χ0n) is 17.6. The molecule has 0 aliphatic heterocycles. The number of nitrogens with zero attached hydrogens (tertiary/aromatic N) is 2. The van der Waals surface area contributed by atoms with Gasteiger partial charge in [-0.3, -0.25) is 9.59 Å². The smallest absolute Gasteiger partial charge is 0.318 e. The predicted molar refractivity (Wildman–Crippen MR) is 126 cm³/mol. The summed E-state index contributed by atoms with van der Waals surface area (Å²) in [7, 11) is 0. The molecule has 0 aliphatic rings. The summed E-state index contributed by atoms with van der Waals surface area (Å²) in [6.07, 6.45) is -3.38. The first kappa shape index (κ1) is 25.6. The number of aromatic nitrogens is 1. The molecule has 6 nitrogen and oxygen atoms in total. The second-order valence-electron chi connectivity index (χ2n) is 7.10. The highest BCUT2D eigenvalue weighted by atomic mass is 35.5. The number of benzene rings is 2. The summed E-state index contributed by atoms with van der Waals surface area (Å²) in [4.78, 5) is 24.1. The molecule has 34 heavy (non-hydrogen) atoms. The molecule has 3 rings (SSSR count). The van der Waals surface area contributed by atoms with E-state index in [2.05, 4.69) is 10.4 Å². The Bertz CT molecular complexity index is 1300. The SMILES string of the molecule is Cc1cc(/C=N\NC(=O)C(=O)Nc2ccc(Cl)c(C(F)(F)F)c2)c(C)n1-c1ccc(Cl)cc1Cl. The van der Waals surface area contributed by atoms with E-state index in [9.17, 15) is 22.8 Å². The summed E-state index contributed by atoms with van der Waals surface area (Å²) in [5.74, 6) is -2.37. The van der Waals surface area contributed by atoms with Gasteiger partial charge in [0.25, 0.3) is 0 Å². The van der Waals surface area contributed by atoms with Crippen LogP contribution in [0.5, 0.6) is 0 Å². The molecule has 0 aliphatic carbocycles. The Morgan fingerprint density at radius 3 is 2.32 bits per heavy atom. The van der Waals surface area contributed by atoms with Crippen molar-refractivity contribution in [3.8, 4) is 5.69 Å². The number of nitrogens with one attached hydrogen (secondary N) is 2. The molecular formula is C22H16Cl3F3N4O2. The van der Waals surface area contributed by atoms with Crippen LogP contribution in [0.2, 0.25) is 15.1 Å². The number of hydrogen-bond acceptors (Lipinski definition) is 3. The normalized spacial score (nSPS) is 11.6. The van der Waals surface area contributed by atoms with Gasteiger partial charge in [-0.2, -0.15) is 18.3 Å². The van der Waals surface area contributed by atoms with Crippen LogP contribution in [0.3, 0.4) is 0 Å². The molecule has 0 bridgehead atoms. The first-order chi connectivity index (χ1) is 15.9. The van der Waals surface area contributed by atoms with Gasteiger partial charge < -0.3 is 9.88 Å². The zero-order chi connectivity index (χ0) is 25.2. The van der Waals surface area contributed by atoms with Crippen LogP contribution in [0.1, 0.15) is 22.5 Å². The highest BCUT2D eigenvalue weighted by Gasteiger charge is 2.33. The van der Waals surface area contributed by atoms with Crippen LogP contribution in [-0.4, -0.2) is 22.6 Å². The second kappa shape index (κ2) is 10.1. The summed E-state index contributed by atoms with van der Waals surface area (Å²) < 4.78 is 40.7. The maximum absolute atomic E-state index is 13.0. The molecule has 12 heteroatoms. The lowest BCUT2D eigenvalue weighted by Gasteiger charge is -2.12. The van der Waals surface area contributed by atoms with Crippen molar-refractivity contribution in [2.45, 2.75) is 20.0 Å². The van der Waals surface area contributed by atoms with E-state index in [1.54, 1.807) is 24.3 Å². The Balaban J connectivity index is 1.70. The van der Waals surface area contributed by atoms with Crippen molar-refractivity contribution in [1.82, 2.24) is 9.99 Å². The second-order valence-corrected chi connectivity index (χ2v) is 8.35. The Hall–Kier alpha value is -3.01. The number of hydrogen-bond donors (Lipinski definition) is 2. The zero-order valence-corrected chi connectivity index (χ0v) is 19.9. The fraction of sp³-hybridized carbons (Fsp3) is 0.136. The maximum atomic E-state index is 13.0. The lowest BCUT2D eigenvalue weighted by molar-refractivity contribution is -0.137. The summed E-state index contributed by atoms with van der Waals surface area (Å²) >= 11 is 17.8. The summed E-state index contributed by atoms with van der Waals surface area (Å²) in [6, 6.07) is 9.62. The van der Waals surface area contributed by atoms with E-state index in [4.69, 9.17) is 34.8 Å². The lowest BCUT2D eigenvalue weighted by atomic mass is 10.2. The summed E-state index contributed by atoms with van der Waals surface area (Å²) in [6.45, 7) is 3.66. The Morgan fingerprint density at radius 2 is 1.68 bits per heavy atom. The van der Waals surface area contributed by atoms with Gasteiger partial charge in [0.1, 0.15) is 0 Å². The van der Waals surface area contributed by atoms with Gasteiger partial charge in [-0.05, 0) is 56.3 Å². The van der Waals surface area contributed by atoms with E-state index in [1.807, 2.05) is 23.8 Å². The third-order valence-electron chi connectivity index (χ3n) is 4.73. The summed E-state index contributed by atoms with van der Waals surface area (Å²) in [5.41, 5.74) is 3.57. The average molecular weight is 532 g/mol. The number of aryl methyl sites for hydroxylation is 1. The largest absolute Gasteiger partial charge is 0.417 e. The van der Waals surface area contributed by atoms with Crippen LogP contribution >= 0.6 is 34.8 Å². The third kappa shape index (κ3) is 5.72. The van der Waals surface area contributed by atoms with Crippen LogP contribution in [0, 0.1) is 13.8 Å². The molecule has 2 aromatic carbocycles. The molecule has 2 N–H and O–H groups in total. The van der Waals surface area contributed by atoms with Gasteiger partial charge in [0, 0.05) is 27.7 Å². The molecule has 3 aromatic rings. The van der Waals surface area contributed by atoms with Gasteiger partial charge in [0.15, 0.2) is 0 Å². The molecule has 178 valence electrons. The lowest BCUT2D eigenvalue weighted by Crippen LogP contribution is -2.32. The fourth-order valence-electron chi connectivity index (χ4n) is 3.17. The van der Waals surface area contributed by atoms with Gasteiger partial charge in [0.05, 0.1) is 27.5 Å². The Morgan fingerprint density at radius 1 is 0.971 bits per heavy atom. The molecule has 0 atom stereocenters. The highest BCUT2D eigenvalue weighted by Crippen LogP contribution is 2.36. The minimum Gasteiger partial charge on any atom is -0.318 e. The van der Waals surface area contributed by atoms with Crippen molar-refractivity contribution < 1.29 is 22.8 Å². The first-order valence-corrected chi connectivity index (χ1v) is 10.7. The molecule has 0 fully saturated rings. The van der Waals surface area contributed by atoms with E-state index < -0.39 is 28.6 Å². The molecule has 2 amide bonds. The predicted octanol–water partition coefficient (Wildman–Crippen LogP) is 6.16. The molecular weight excluding hydrogens is 516 g/mol. The van der Waals surface area contributed by atoms with Gasteiger partial charge >= 0.3 is 18.0 Å². The van der Waals surface area contributed by atoms with Crippen molar-refractivity contribution in [3.63, 3.8) is 0 Å². The van der Waals surface area contributed by atoms with Crippen molar-refractivity contribution >= 4 is 58.5 Å². The standard InChI is InChI=1S/C22H16Cl3F3N4O2/c1-11-7-13(12(2)32(11)19-6-3-14(23)8-18(19)25)10-29-31-21(34)20(33)30-15-4-5-17(24)16(9-15)22(26,27)28/h3-10H,1-2H3,(H,30,33)(H,31,34)/b29-10-. The third-order valence-corrected chi connectivity index (χ3v) is 5.59. The quantitative estimate of drug-likeness (QED) is 0.240. The van der Waals surface area contributed by atoms with Crippen molar-refractivity contribution in [2.24, 2.45) is 5.10 Å². The Kier molecular flexibility index (Phi) is 7.60. The van der Waals surface area contributed by atoms with E-state index in [0.29, 0.717) is 27.4 Å². The Labute approximate surface area is 207 Å². The van der Waals surface area contributed by atoms with Crippen LogP contribution in [0.15, 0.2) is 47.6 Å². The van der Waals surface area contributed by atoms with Crippen molar-refractivity contribution in [3.05, 3.63) is 80.0 Å². The van der Waals surface area contributed by atoms with Crippen molar-refractivity contribution in [2.75, 3.05) is 5.32 Å².